The van der Waals surface area contributed by atoms with Gasteiger partial charge in [0.15, 0.2) is 8.03 Å². The van der Waals surface area contributed by atoms with Crippen LogP contribution in [0.25, 0.3) is 0 Å². The quantitative estimate of drug-likeness (QED) is 0.567. The zero-order chi connectivity index (χ0) is 7.28. The van der Waals surface area contributed by atoms with Crippen LogP contribution >= 0.6 is 8.03 Å². The van der Waals surface area contributed by atoms with Gasteiger partial charge in [0.1, 0.15) is 6.17 Å². The fourth-order valence-corrected chi connectivity index (χ4v) is 0.958. The molecule has 3 N–H and O–H groups in total. The van der Waals surface area contributed by atoms with Crippen molar-refractivity contribution in [3.05, 3.63) is 0 Å². The molecule has 0 spiro atoms. The van der Waals surface area contributed by atoms with Gasteiger partial charge in [0.25, 0.3) is 0 Å². The summed E-state index contributed by atoms with van der Waals surface area (Å²) in [7, 11) is -2.49. The van der Waals surface area contributed by atoms with Crippen molar-refractivity contribution < 1.29 is 13.8 Å². The lowest BCUT2D eigenvalue weighted by molar-refractivity contribution is 0.331. The van der Waals surface area contributed by atoms with Gasteiger partial charge >= 0.3 is 0 Å². The SMILES string of the molecule is NC[C@@H](F)CC[PH](=O)O. The van der Waals surface area contributed by atoms with Crippen LogP contribution in [-0.2, 0) is 4.57 Å². The van der Waals surface area contributed by atoms with E-state index in [4.69, 9.17) is 10.6 Å². The normalized spacial score (nSPS) is 17.2. The van der Waals surface area contributed by atoms with Crippen molar-refractivity contribution in [2.24, 2.45) is 5.73 Å². The predicted molar refractivity (Wildman–Crippen MR) is 34.7 cm³/mol. The second-order valence-corrected chi connectivity index (χ2v) is 3.05. The molecule has 0 radical (unpaired) electrons. The molecule has 0 aromatic carbocycles. The van der Waals surface area contributed by atoms with Gasteiger partial charge in [-0.2, -0.15) is 0 Å². The molecule has 5 heteroatoms. The molecule has 0 heterocycles. The van der Waals surface area contributed by atoms with Crippen LogP contribution in [-0.4, -0.2) is 23.8 Å². The molecular formula is C4H11FNO2P. The molecule has 0 saturated heterocycles. The van der Waals surface area contributed by atoms with Crippen molar-refractivity contribution in [3.8, 4) is 0 Å². The lowest BCUT2D eigenvalue weighted by Crippen LogP contribution is -2.15. The van der Waals surface area contributed by atoms with Crippen molar-refractivity contribution >= 4 is 8.03 Å². The summed E-state index contributed by atoms with van der Waals surface area (Å²) in [6, 6.07) is 0. The zero-order valence-electron chi connectivity index (χ0n) is 5.01. The van der Waals surface area contributed by atoms with Gasteiger partial charge in [0, 0.05) is 12.7 Å². The lowest BCUT2D eigenvalue weighted by Gasteiger charge is -2.00. The molecule has 0 aromatic rings. The van der Waals surface area contributed by atoms with E-state index in [-0.39, 0.29) is 19.1 Å². The van der Waals surface area contributed by atoms with Gasteiger partial charge in [-0.3, -0.25) is 4.57 Å². The average Bonchev–Trinajstić information content (AvgIpc) is 1.83. The molecule has 0 aliphatic rings. The second-order valence-electron chi connectivity index (χ2n) is 1.77. The van der Waals surface area contributed by atoms with E-state index in [0.717, 1.165) is 0 Å². The maximum Gasteiger partial charge on any atom is 0.189 e. The predicted octanol–water partition coefficient (Wildman–Crippen LogP) is 0.140. The molecule has 3 nitrogen and oxygen atoms in total. The Kier molecular flexibility index (Phi) is 4.96. The van der Waals surface area contributed by atoms with Gasteiger partial charge < -0.3 is 10.6 Å². The fraction of sp³-hybridized carbons (Fsp3) is 1.00. The standard InChI is InChI=1S/C4H11FNO2P/c5-4(3-6)1-2-9(7)8/h4,9H,1-3,6H2,(H,7,8)/t4-/m0/s1. The van der Waals surface area contributed by atoms with Crippen LogP contribution in [0.15, 0.2) is 0 Å². The monoisotopic (exact) mass is 155 g/mol. The number of hydrogen-bond donors (Lipinski definition) is 2. The van der Waals surface area contributed by atoms with Crippen molar-refractivity contribution in [2.75, 3.05) is 12.7 Å². The number of hydrogen-bond acceptors (Lipinski definition) is 2. The Labute approximate surface area is 53.9 Å². The largest absolute Gasteiger partial charge is 0.346 e. The van der Waals surface area contributed by atoms with E-state index in [9.17, 15) is 8.96 Å². The number of rotatable bonds is 4. The topological polar surface area (TPSA) is 63.3 Å². The van der Waals surface area contributed by atoms with Crippen molar-refractivity contribution in [1.82, 2.24) is 0 Å². The van der Waals surface area contributed by atoms with E-state index in [0.29, 0.717) is 0 Å². The minimum absolute atomic E-state index is 0.0447. The third kappa shape index (κ3) is 5.96. The molecule has 0 amide bonds. The average molecular weight is 155 g/mol. The Bertz CT molecular complexity index is 101. The maximum absolute atomic E-state index is 12.1. The Morgan fingerprint density at radius 3 is 2.67 bits per heavy atom. The van der Waals surface area contributed by atoms with Crippen molar-refractivity contribution in [1.29, 1.82) is 0 Å². The number of nitrogens with two attached hydrogens (primary N) is 1. The van der Waals surface area contributed by atoms with E-state index in [1.54, 1.807) is 0 Å². The first-order valence-corrected chi connectivity index (χ1v) is 4.29. The summed E-state index contributed by atoms with van der Waals surface area (Å²) < 4.78 is 22.1. The Hall–Kier alpha value is 0.0800. The summed E-state index contributed by atoms with van der Waals surface area (Å²) in [6.45, 7) is -0.0604. The Morgan fingerprint density at radius 1 is 1.78 bits per heavy atom. The first-order chi connectivity index (χ1) is 4.16. The minimum atomic E-state index is -2.49. The second kappa shape index (κ2) is 4.91. The molecule has 0 rings (SSSR count). The lowest BCUT2D eigenvalue weighted by atomic mass is 10.3. The number of alkyl halides is 1. The van der Waals surface area contributed by atoms with Gasteiger partial charge in [-0.05, 0) is 6.42 Å². The minimum Gasteiger partial charge on any atom is -0.346 e. The zero-order valence-corrected chi connectivity index (χ0v) is 6.01. The summed E-state index contributed by atoms with van der Waals surface area (Å²) in [4.78, 5) is 8.24. The molecule has 0 aliphatic carbocycles. The van der Waals surface area contributed by atoms with Gasteiger partial charge in [-0.25, -0.2) is 4.39 Å². The van der Waals surface area contributed by atoms with E-state index in [1.165, 1.54) is 0 Å². The van der Waals surface area contributed by atoms with E-state index in [2.05, 4.69) is 0 Å². The third-order valence-corrected chi connectivity index (χ3v) is 1.64. The fourth-order valence-electron chi connectivity index (χ4n) is 0.398. The van der Waals surface area contributed by atoms with Gasteiger partial charge in [0.2, 0.25) is 0 Å². The molecule has 0 saturated carbocycles. The Balaban J connectivity index is 3.16. The molecule has 56 valence electrons. The molecular weight excluding hydrogens is 144 g/mol. The van der Waals surface area contributed by atoms with E-state index in [1.807, 2.05) is 0 Å². The number of halogens is 1. The van der Waals surface area contributed by atoms with Crippen molar-refractivity contribution in [2.45, 2.75) is 12.6 Å². The molecule has 2 atom stereocenters. The highest BCUT2D eigenvalue weighted by Crippen LogP contribution is 2.15. The first kappa shape index (κ1) is 9.08. The molecule has 0 bridgehead atoms. The molecule has 0 aliphatic heterocycles. The van der Waals surface area contributed by atoms with Crippen LogP contribution in [0, 0.1) is 0 Å². The van der Waals surface area contributed by atoms with Crippen LogP contribution in [0.4, 0.5) is 4.39 Å². The molecule has 0 fully saturated rings. The summed E-state index contributed by atoms with van der Waals surface area (Å²) in [6.07, 6.45) is -0.973. The van der Waals surface area contributed by atoms with E-state index >= 15 is 0 Å². The highest BCUT2D eigenvalue weighted by atomic mass is 31.1. The summed E-state index contributed by atoms with van der Waals surface area (Å²) in [5.74, 6) is 0. The highest BCUT2D eigenvalue weighted by Gasteiger charge is 2.03. The summed E-state index contributed by atoms with van der Waals surface area (Å²) >= 11 is 0. The Morgan fingerprint density at radius 2 is 2.33 bits per heavy atom. The van der Waals surface area contributed by atoms with Gasteiger partial charge in [-0.1, -0.05) is 0 Å². The smallest absolute Gasteiger partial charge is 0.189 e. The maximum atomic E-state index is 12.1. The van der Waals surface area contributed by atoms with Crippen LogP contribution < -0.4 is 5.73 Å². The van der Waals surface area contributed by atoms with Crippen LogP contribution in [0.5, 0.6) is 0 Å². The third-order valence-electron chi connectivity index (χ3n) is 0.927. The summed E-state index contributed by atoms with van der Waals surface area (Å²) in [5.41, 5.74) is 4.91. The van der Waals surface area contributed by atoms with Crippen LogP contribution in [0.2, 0.25) is 0 Å². The van der Waals surface area contributed by atoms with E-state index < -0.39 is 14.2 Å². The molecule has 1 unspecified atom stereocenters. The molecule has 9 heavy (non-hydrogen) atoms. The molecule has 0 aromatic heterocycles. The van der Waals surface area contributed by atoms with Crippen molar-refractivity contribution in [3.63, 3.8) is 0 Å². The first-order valence-electron chi connectivity index (χ1n) is 2.72. The van der Waals surface area contributed by atoms with Gasteiger partial charge in [0.05, 0.1) is 0 Å². The summed E-state index contributed by atoms with van der Waals surface area (Å²) in [5, 5.41) is 0. The van der Waals surface area contributed by atoms with Crippen LogP contribution in [0.3, 0.4) is 0 Å². The van der Waals surface area contributed by atoms with Gasteiger partial charge in [-0.15, -0.1) is 0 Å². The highest BCUT2D eigenvalue weighted by molar-refractivity contribution is 7.37. The van der Waals surface area contributed by atoms with Crippen LogP contribution in [0.1, 0.15) is 6.42 Å².